The third-order valence-electron chi connectivity index (χ3n) is 4.93. The van der Waals surface area contributed by atoms with E-state index < -0.39 is 11.7 Å². The van der Waals surface area contributed by atoms with Crippen LogP contribution in [-0.2, 0) is 12.7 Å². The maximum Gasteiger partial charge on any atom is 0.416 e. The van der Waals surface area contributed by atoms with Gasteiger partial charge in [0.1, 0.15) is 0 Å². The van der Waals surface area contributed by atoms with Crippen molar-refractivity contribution in [2.45, 2.75) is 12.7 Å². The summed E-state index contributed by atoms with van der Waals surface area (Å²) in [5.41, 5.74) is 0.488. The molecule has 0 spiro atoms. The molecule has 0 saturated carbocycles. The van der Waals surface area contributed by atoms with Crippen LogP contribution in [0.2, 0.25) is 0 Å². The quantitative estimate of drug-likeness (QED) is 0.748. The Bertz CT molecular complexity index is 1040. The van der Waals surface area contributed by atoms with Gasteiger partial charge in [-0.1, -0.05) is 30.3 Å². The van der Waals surface area contributed by atoms with E-state index in [1.54, 1.807) is 24.3 Å². The molecule has 28 heavy (non-hydrogen) atoms. The lowest BCUT2D eigenvalue weighted by atomic mass is 10.1. The van der Waals surface area contributed by atoms with E-state index in [-0.39, 0.29) is 5.56 Å². The normalized spacial score (nSPS) is 15.9. The third-order valence-corrected chi connectivity index (χ3v) is 4.93. The summed E-state index contributed by atoms with van der Waals surface area (Å²) >= 11 is 0. The number of H-pyrrole nitrogens is 1. The molecule has 1 fully saturated rings. The molecule has 1 aromatic heterocycles. The van der Waals surface area contributed by atoms with Gasteiger partial charge in [-0.15, -0.1) is 0 Å². The van der Waals surface area contributed by atoms with Crippen molar-refractivity contribution in [3.8, 4) is 0 Å². The molecule has 1 aliphatic rings. The molecule has 2 heterocycles. The van der Waals surface area contributed by atoms with Crippen molar-refractivity contribution in [3.05, 3.63) is 70.0 Å². The molecular formula is C20H19F3N4O. The molecule has 0 aliphatic carbocycles. The maximum absolute atomic E-state index is 12.9. The molecule has 0 radical (unpaired) electrons. The number of hydrogen-bond acceptors (Lipinski definition) is 4. The number of benzene rings is 2. The summed E-state index contributed by atoms with van der Waals surface area (Å²) in [6, 6.07) is 12.6. The molecule has 146 valence electrons. The average molecular weight is 388 g/mol. The van der Waals surface area contributed by atoms with Crippen molar-refractivity contribution in [3.63, 3.8) is 0 Å². The van der Waals surface area contributed by atoms with Gasteiger partial charge in [0.15, 0.2) is 0 Å². The van der Waals surface area contributed by atoms with Gasteiger partial charge in [0.25, 0.3) is 5.56 Å². The van der Waals surface area contributed by atoms with Gasteiger partial charge in [-0.25, -0.2) is 4.98 Å². The molecule has 3 aromatic rings. The zero-order valence-corrected chi connectivity index (χ0v) is 15.0. The fourth-order valence-corrected chi connectivity index (χ4v) is 3.45. The molecule has 0 atom stereocenters. The fourth-order valence-electron chi connectivity index (χ4n) is 3.45. The number of anilines is 1. The largest absolute Gasteiger partial charge is 0.416 e. The van der Waals surface area contributed by atoms with Crippen molar-refractivity contribution < 1.29 is 13.2 Å². The number of aromatic nitrogens is 2. The highest BCUT2D eigenvalue weighted by Crippen LogP contribution is 2.29. The minimum Gasteiger partial charge on any atom is -0.340 e. The van der Waals surface area contributed by atoms with Gasteiger partial charge in [-0.2, -0.15) is 13.2 Å². The zero-order chi connectivity index (χ0) is 19.7. The lowest BCUT2D eigenvalue weighted by Gasteiger charge is -2.35. The Kier molecular flexibility index (Phi) is 4.80. The zero-order valence-electron chi connectivity index (χ0n) is 15.0. The van der Waals surface area contributed by atoms with Gasteiger partial charge < -0.3 is 4.90 Å². The summed E-state index contributed by atoms with van der Waals surface area (Å²) in [6.45, 7) is 3.08. The molecule has 1 N–H and O–H groups in total. The van der Waals surface area contributed by atoms with Crippen molar-refractivity contribution in [2.24, 2.45) is 0 Å². The van der Waals surface area contributed by atoms with Crippen molar-refractivity contribution in [1.29, 1.82) is 0 Å². The SMILES string of the molecule is O=c1[nH]c(N2CCN(Cc3cccc(C(F)(F)F)c3)CC2)nc2ccccc12. The van der Waals surface area contributed by atoms with Crippen LogP contribution in [0.5, 0.6) is 0 Å². The number of nitrogens with one attached hydrogen (secondary N) is 1. The number of halogens is 3. The number of hydrogen-bond donors (Lipinski definition) is 1. The van der Waals surface area contributed by atoms with E-state index in [4.69, 9.17) is 0 Å². The van der Waals surface area contributed by atoms with E-state index in [2.05, 4.69) is 14.9 Å². The van der Waals surface area contributed by atoms with Crippen LogP contribution in [0.3, 0.4) is 0 Å². The molecule has 8 heteroatoms. The summed E-state index contributed by atoms with van der Waals surface area (Å²) < 4.78 is 38.6. The fraction of sp³-hybridized carbons (Fsp3) is 0.300. The molecule has 2 aromatic carbocycles. The molecule has 4 rings (SSSR count). The van der Waals surface area contributed by atoms with Crippen LogP contribution in [0, 0.1) is 0 Å². The Balaban J connectivity index is 1.43. The van der Waals surface area contributed by atoms with Crippen molar-refractivity contribution in [2.75, 3.05) is 31.1 Å². The number of nitrogens with zero attached hydrogens (tertiary/aromatic N) is 3. The lowest BCUT2D eigenvalue weighted by molar-refractivity contribution is -0.137. The summed E-state index contributed by atoms with van der Waals surface area (Å²) in [5, 5.41) is 0.550. The van der Waals surface area contributed by atoms with Crippen LogP contribution in [0.15, 0.2) is 53.3 Å². The molecule has 5 nitrogen and oxygen atoms in total. The maximum atomic E-state index is 12.9. The van der Waals surface area contributed by atoms with Gasteiger partial charge in [0.2, 0.25) is 5.95 Å². The minimum absolute atomic E-state index is 0.174. The second kappa shape index (κ2) is 7.27. The number of piperazine rings is 1. The first-order valence-corrected chi connectivity index (χ1v) is 9.03. The van der Waals surface area contributed by atoms with E-state index >= 15 is 0 Å². The molecule has 1 saturated heterocycles. The average Bonchev–Trinajstić information content (AvgIpc) is 2.68. The lowest BCUT2D eigenvalue weighted by Crippen LogP contribution is -2.47. The Morgan fingerprint density at radius 3 is 2.50 bits per heavy atom. The third kappa shape index (κ3) is 3.87. The highest BCUT2D eigenvalue weighted by atomic mass is 19.4. The van der Waals surface area contributed by atoms with E-state index in [0.717, 1.165) is 6.07 Å². The molecule has 0 amide bonds. The molecule has 0 unspecified atom stereocenters. The first-order valence-electron chi connectivity index (χ1n) is 9.03. The number of alkyl halides is 3. The number of fused-ring (bicyclic) bond motifs is 1. The smallest absolute Gasteiger partial charge is 0.340 e. The van der Waals surface area contributed by atoms with Crippen LogP contribution in [0.4, 0.5) is 19.1 Å². The number of aromatic amines is 1. The van der Waals surface area contributed by atoms with Crippen LogP contribution in [0.25, 0.3) is 10.9 Å². The van der Waals surface area contributed by atoms with E-state index in [1.807, 2.05) is 11.0 Å². The monoisotopic (exact) mass is 388 g/mol. The summed E-state index contributed by atoms with van der Waals surface area (Å²) in [4.78, 5) is 23.7. The molecular weight excluding hydrogens is 369 g/mol. The number of rotatable bonds is 3. The molecule has 1 aliphatic heterocycles. The Labute approximate surface area is 159 Å². The van der Waals surface area contributed by atoms with E-state index in [0.29, 0.717) is 55.1 Å². The van der Waals surface area contributed by atoms with Crippen LogP contribution in [0.1, 0.15) is 11.1 Å². The minimum atomic E-state index is -4.33. The molecule has 0 bridgehead atoms. The predicted molar refractivity (Wildman–Crippen MR) is 101 cm³/mol. The van der Waals surface area contributed by atoms with E-state index in [1.165, 1.54) is 12.1 Å². The standard InChI is InChI=1S/C20H19F3N4O/c21-20(22,23)15-5-3-4-14(12-15)13-26-8-10-27(11-9-26)19-24-17-7-2-1-6-16(17)18(28)25-19/h1-7,12H,8-11,13H2,(H,24,25,28). The Hall–Kier alpha value is -2.87. The Morgan fingerprint density at radius 1 is 1.00 bits per heavy atom. The van der Waals surface area contributed by atoms with Gasteiger partial charge >= 0.3 is 6.18 Å². The topological polar surface area (TPSA) is 52.2 Å². The van der Waals surface area contributed by atoms with Gasteiger partial charge in [0, 0.05) is 32.7 Å². The predicted octanol–water partition coefficient (Wildman–Crippen LogP) is 3.26. The summed E-state index contributed by atoms with van der Waals surface area (Å²) in [6.07, 6.45) is -4.33. The van der Waals surface area contributed by atoms with Crippen molar-refractivity contribution in [1.82, 2.24) is 14.9 Å². The highest BCUT2D eigenvalue weighted by Gasteiger charge is 2.30. The first-order chi connectivity index (χ1) is 13.4. The van der Waals surface area contributed by atoms with Gasteiger partial charge in [-0.05, 0) is 23.8 Å². The van der Waals surface area contributed by atoms with Gasteiger partial charge in [0.05, 0.1) is 16.5 Å². The van der Waals surface area contributed by atoms with Crippen LogP contribution >= 0.6 is 0 Å². The number of para-hydroxylation sites is 1. The van der Waals surface area contributed by atoms with Gasteiger partial charge in [-0.3, -0.25) is 14.7 Å². The van der Waals surface area contributed by atoms with Crippen molar-refractivity contribution >= 4 is 16.9 Å². The Morgan fingerprint density at radius 2 is 1.75 bits per heavy atom. The van der Waals surface area contributed by atoms with Crippen LogP contribution < -0.4 is 10.5 Å². The van der Waals surface area contributed by atoms with Crippen LogP contribution in [-0.4, -0.2) is 41.0 Å². The highest BCUT2D eigenvalue weighted by molar-refractivity contribution is 5.78. The summed E-state index contributed by atoms with van der Waals surface area (Å²) in [7, 11) is 0. The first kappa shape index (κ1) is 18.5. The van der Waals surface area contributed by atoms with E-state index in [9.17, 15) is 18.0 Å². The second-order valence-corrected chi connectivity index (χ2v) is 6.87. The summed E-state index contributed by atoms with van der Waals surface area (Å²) in [5.74, 6) is 0.530. The second-order valence-electron chi connectivity index (χ2n) is 6.87.